The summed E-state index contributed by atoms with van der Waals surface area (Å²) in [5.74, 6) is 0.899. The van der Waals surface area contributed by atoms with Gasteiger partial charge in [0.1, 0.15) is 5.75 Å². The van der Waals surface area contributed by atoms with Gasteiger partial charge in [0, 0.05) is 13.0 Å². The van der Waals surface area contributed by atoms with Gasteiger partial charge >= 0.3 is 0 Å². The number of rotatable bonds is 5. The molecule has 0 saturated carbocycles. The van der Waals surface area contributed by atoms with Gasteiger partial charge in [-0.1, -0.05) is 30.3 Å². The van der Waals surface area contributed by atoms with Crippen molar-refractivity contribution < 1.29 is 4.74 Å². The Kier molecular flexibility index (Phi) is 4.39. The second-order valence-electron chi connectivity index (χ2n) is 5.27. The maximum Gasteiger partial charge on any atom is 0.119 e. The Labute approximate surface area is 131 Å². The Morgan fingerprint density at radius 1 is 1.14 bits per heavy atom. The highest BCUT2D eigenvalue weighted by atomic mass is 16.5. The van der Waals surface area contributed by atoms with Crippen LogP contribution in [0.15, 0.2) is 59.7 Å². The number of benzene rings is 2. The van der Waals surface area contributed by atoms with E-state index >= 15 is 0 Å². The lowest BCUT2D eigenvalue weighted by molar-refractivity contribution is 0.340. The zero-order chi connectivity index (χ0) is 15.4. The van der Waals surface area contributed by atoms with Crippen LogP contribution >= 0.6 is 0 Å². The molecule has 0 radical (unpaired) electrons. The van der Waals surface area contributed by atoms with E-state index in [1.165, 1.54) is 5.56 Å². The first-order valence-corrected chi connectivity index (χ1v) is 7.65. The molecule has 0 bridgehead atoms. The predicted octanol–water partition coefficient (Wildman–Crippen LogP) is 3.35. The van der Waals surface area contributed by atoms with Gasteiger partial charge in [0.25, 0.3) is 0 Å². The molecular weight excluding hydrogens is 274 g/mol. The lowest BCUT2D eigenvalue weighted by Crippen LogP contribution is -2.18. The summed E-state index contributed by atoms with van der Waals surface area (Å²) in [6.07, 6.45) is 0.860. The van der Waals surface area contributed by atoms with Crippen LogP contribution < -0.4 is 15.5 Å². The summed E-state index contributed by atoms with van der Waals surface area (Å²) in [6, 6.07) is 18.7. The number of anilines is 1. The van der Waals surface area contributed by atoms with Crippen molar-refractivity contribution in [2.45, 2.75) is 19.4 Å². The highest BCUT2D eigenvalue weighted by Gasteiger charge is 2.28. The molecule has 2 aromatic carbocycles. The lowest BCUT2D eigenvalue weighted by Gasteiger charge is -2.24. The van der Waals surface area contributed by atoms with Gasteiger partial charge in [-0.15, -0.1) is 0 Å². The summed E-state index contributed by atoms with van der Waals surface area (Å²) in [7, 11) is 0. The summed E-state index contributed by atoms with van der Waals surface area (Å²) in [4.78, 5) is 0. The zero-order valence-corrected chi connectivity index (χ0v) is 12.8. The minimum Gasteiger partial charge on any atom is -0.494 e. The number of hydrogen-bond donors (Lipinski definition) is 1. The molecular formula is C18H21N3O. The normalized spacial score (nSPS) is 17.5. The van der Waals surface area contributed by atoms with E-state index in [1.54, 1.807) is 0 Å². The Hall–Kier alpha value is -2.33. The smallest absolute Gasteiger partial charge is 0.119 e. The molecule has 0 spiro atoms. The zero-order valence-electron chi connectivity index (χ0n) is 12.8. The molecule has 0 aliphatic carbocycles. The van der Waals surface area contributed by atoms with Gasteiger partial charge in [0.05, 0.1) is 24.0 Å². The van der Waals surface area contributed by atoms with Crippen LogP contribution in [0.2, 0.25) is 0 Å². The topological polar surface area (TPSA) is 50.9 Å². The van der Waals surface area contributed by atoms with Crippen LogP contribution in [-0.4, -0.2) is 18.9 Å². The summed E-state index contributed by atoms with van der Waals surface area (Å²) in [5.41, 5.74) is 9.14. The minimum atomic E-state index is 0.191. The first-order valence-electron chi connectivity index (χ1n) is 7.65. The lowest BCUT2D eigenvalue weighted by atomic mass is 10.0. The minimum absolute atomic E-state index is 0.191. The summed E-state index contributed by atoms with van der Waals surface area (Å²) >= 11 is 0. The average molecular weight is 295 g/mol. The van der Waals surface area contributed by atoms with Gasteiger partial charge in [-0.3, -0.25) is 5.01 Å². The third-order valence-corrected chi connectivity index (χ3v) is 3.81. The first-order chi connectivity index (χ1) is 10.8. The molecule has 1 unspecified atom stereocenters. The van der Waals surface area contributed by atoms with Crippen LogP contribution in [0.3, 0.4) is 0 Å². The molecule has 0 aromatic heterocycles. The third kappa shape index (κ3) is 2.97. The van der Waals surface area contributed by atoms with Gasteiger partial charge < -0.3 is 10.5 Å². The van der Waals surface area contributed by atoms with Crippen molar-refractivity contribution in [3.8, 4) is 5.75 Å². The number of para-hydroxylation sites is 1. The van der Waals surface area contributed by atoms with Gasteiger partial charge in [-0.05, 0) is 36.8 Å². The second kappa shape index (κ2) is 6.62. The highest BCUT2D eigenvalue weighted by molar-refractivity contribution is 5.90. The van der Waals surface area contributed by atoms with Gasteiger partial charge in [0.15, 0.2) is 0 Å². The van der Waals surface area contributed by atoms with Crippen molar-refractivity contribution in [1.29, 1.82) is 0 Å². The van der Waals surface area contributed by atoms with E-state index in [1.807, 2.05) is 37.3 Å². The fraction of sp³-hybridized carbons (Fsp3) is 0.278. The van der Waals surface area contributed by atoms with E-state index in [4.69, 9.17) is 10.5 Å². The van der Waals surface area contributed by atoms with Crippen molar-refractivity contribution in [3.63, 3.8) is 0 Å². The molecule has 2 N–H and O–H groups in total. The Balaban J connectivity index is 1.88. The molecule has 114 valence electrons. The van der Waals surface area contributed by atoms with Gasteiger partial charge in [-0.2, -0.15) is 5.10 Å². The summed E-state index contributed by atoms with van der Waals surface area (Å²) in [6.45, 7) is 3.17. The van der Waals surface area contributed by atoms with Crippen molar-refractivity contribution in [1.82, 2.24) is 0 Å². The molecule has 0 fully saturated rings. The molecule has 4 heteroatoms. The number of ether oxygens (including phenoxy) is 1. The Bertz CT molecular complexity index is 637. The molecule has 1 aliphatic heterocycles. The largest absolute Gasteiger partial charge is 0.494 e. The van der Waals surface area contributed by atoms with E-state index in [-0.39, 0.29) is 6.04 Å². The third-order valence-electron chi connectivity index (χ3n) is 3.81. The fourth-order valence-corrected chi connectivity index (χ4v) is 2.73. The van der Waals surface area contributed by atoms with Gasteiger partial charge in [-0.25, -0.2) is 0 Å². The van der Waals surface area contributed by atoms with E-state index in [9.17, 15) is 0 Å². The molecule has 4 nitrogen and oxygen atoms in total. The monoisotopic (exact) mass is 295 g/mol. The van der Waals surface area contributed by atoms with E-state index in [0.717, 1.165) is 23.6 Å². The van der Waals surface area contributed by atoms with Crippen LogP contribution in [0.5, 0.6) is 5.75 Å². The van der Waals surface area contributed by atoms with E-state index < -0.39 is 0 Å². The van der Waals surface area contributed by atoms with Gasteiger partial charge in [0.2, 0.25) is 0 Å². The van der Waals surface area contributed by atoms with Crippen LogP contribution in [0.4, 0.5) is 5.69 Å². The SMILES string of the molecule is CCOc1ccc(C2CC(CN)=NN2c2ccccc2)cc1. The second-order valence-corrected chi connectivity index (χ2v) is 5.27. The number of nitrogens with two attached hydrogens (primary N) is 1. The summed E-state index contributed by atoms with van der Waals surface area (Å²) in [5, 5.41) is 6.75. The van der Waals surface area contributed by atoms with Crippen LogP contribution in [0.25, 0.3) is 0 Å². The quantitative estimate of drug-likeness (QED) is 0.920. The molecule has 1 aliphatic rings. The fourth-order valence-electron chi connectivity index (χ4n) is 2.73. The molecule has 0 saturated heterocycles. The Morgan fingerprint density at radius 2 is 1.86 bits per heavy atom. The van der Waals surface area contributed by atoms with Crippen LogP contribution in [0, 0.1) is 0 Å². The van der Waals surface area contributed by atoms with Crippen LogP contribution in [0.1, 0.15) is 24.9 Å². The predicted molar refractivity (Wildman–Crippen MR) is 90.4 cm³/mol. The number of nitrogens with zero attached hydrogens (tertiary/aromatic N) is 2. The van der Waals surface area contributed by atoms with Crippen LogP contribution in [-0.2, 0) is 0 Å². The maximum atomic E-state index is 5.80. The van der Waals surface area contributed by atoms with E-state index in [0.29, 0.717) is 13.2 Å². The molecule has 1 heterocycles. The standard InChI is InChI=1S/C18H21N3O/c1-2-22-17-10-8-14(9-11-17)18-12-15(13-19)20-21(18)16-6-4-3-5-7-16/h3-11,18H,2,12-13,19H2,1H3. The Morgan fingerprint density at radius 3 is 2.50 bits per heavy atom. The molecule has 1 atom stereocenters. The highest BCUT2D eigenvalue weighted by Crippen LogP contribution is 2.35. The number of hydrazone groups is 1. The molecule has 22 heavy (non-hydrogen) atoms. The van der Waals surface area contributed by atoms with Crippen molar-refractivity contribution in [3.05, 3.63) is 60.2 Å². The first kappa shape index (κ1) is 14.6. The molecule has 3 rings (SSSR count). The maximum absolute atomic E-state index is 5.80. The van der Waals surface area contributed by atoms with Crippen molar-refractivity contribution in [2.75, 3.05) is 18.2 Å². The molecule has 0 amide bonds. The summed E-state index contributed by atoms with van der Waals surface area (Å²) < 4.78 is 5.52. The average Bonchev–Trinajstić information content (AvgIpc) is 3.01. The van der Waals surface area contributed by atoms with E-state index in [2.05, 4.69) is 34.4 Å². The van der Waals surface area contributed by atoms with Crippen molar-refractivity contribution >= 4 is 11.4 Å². The number of hydrogen-bond acceptors (Lipinski definition) is 4. The molecule has 2 aromatic rings. The van der Waals surface area contributed by atoms with Crippen molar-refractivity contribution in [2.24, 2.45) is 10.8 Å².